The largest absolute Gasteiger partial charge is 0.434 e. The van der Waals surface area contributed by atoms with E-state index in [0.29, 0.717) is 19.5 Å². The van der Waals surface area contributed by atoms with E-state index in [1.807, 2.05) is 0 Å². The summed E-state index contributed by atoms with van der Waals surface area (Å²) < 4.78 is 102. The summed E-state index contributed by atoms with van der Waals surface area (Å²) in [5.74, 6) is -6.06. The van der Waals surface area contributed by atoms with Crippen molar-refractivity contribution < 1.29 is 35.4 Å². The minimum absolute atomic E-state index is 0.293. The van der Waals surface area contributed by atoms with E-state index in [2.05, 4.69) is 27.7 Å². The van der Waals surface area contributed by atoms with E-state index < -0.39 is 39.2 Å². The van der Waals surface area contributed by atoms with Crippen molar-refractivity contribution in [2.45, 2.75) is 24.6 Å². The van der Waals surface area contributed by atoms with E-state index in [9.17, 15) is 26.3 Å². The van der Waals surface area contributed by atoms with Gasteiger partial charge >= 0.3 is 31.7 Å². The van der Waals surface area contributed by atoms with Crippen LogP contribution >= 0.6 is 43.6 Å². The fourth-order valence-electron chi connectivity index (χ4n) is 2.14. The van der Waals surface area contributed by atoms with Gasteiger partial charge in [-0.3, -0.25) is 5.09 Å². The zero-order valence-corrected chi connectivity index (χ0v) is 16.3. The first kappa shape index (κ1) is 20.4. The van der Waals surface area contributed by atoms with Crippen molar-refractivity contribution in [2.75, 3.05) is 20.1 Å². The third kappa shape index (κ3) is 3.23. The van der Waals surface area contributed by atoms with Crippen molar-refractivity contribution >= 4 is 43.6 Å². The smallest absolute Gasteiger partial charge is 0.253 e. The second kappa shape index (κ2) is 5.84. The number of halogens is 8. The molecule has 1 spiro atoms. The van der Waals surface area contributed by atoms with Crippen LogP contribution in [0.5, 0.6) is 0 Å². The molecule has 1 fully saturated rings. The van der Waals surface area contributed by atoms with E-state index in [1.165, 1.54) is 11.7 Å². The lowest BCUT2D eigenvalue weighted by molar-refractivity contribution is -0.414. The van der Waals surface area contributed by atoms with Gasteiger partial charge in [-0.15, -0.1) is 0 Å². The van der Waals surface area contributed by atoms with Crippen molar-refractivity contribution in [1.82, 2.24) is 9.76 Å². The first-order valence-corrected chi connectivity index (χ1v) is 13.2. The van der Waals surface area contributed by atoms with E-state index in [4.69, 9.17) is 22.5 Å². The monoisotopic (exact) mass is 473 g/mol. The standard InChI is InChI=1S/C7H10Cl2F6N5O2P3/c1-20-4-2-3-16-25(20)18-23(8)17-24(9,19-25)22-7(14,15)5(10,11)6(12,13)21-23/h16H,2-4H2,1H3. The molecule has 7 nitrogen and oxygen atoms in total. The van der Waals surface area contributed by atoms with Gasteiger partial charge < -0.3 is 0 Å². The lowest BCUT2D eigenvalue weighted by atomic mass is 10.3. The minimum Gasteiger partial charge on any atom is -0.253 e. The lowest BCUT2D eigenvalue weighted by Crippen LogP contribution is -2.56. The number of nitrogens with one attached hydrogen (secondary N) is 1. The summed E-state index contributed by atoms with van der Waals surface area (Å²) in [6.45, 7) is -8.51. The van der Waals surface area contributed by atoms with Crippen molar-refractivity contribution in [3.8, 4) is 0 Å². The van der Waals surface area contributed by atoms with Gasteiger partial charge in [0.1, 0.15) is 0 Å². The Morgan fingerprint density at radius 2 is 1.48 bits per heavy atom. The van der Waals surface area contributed by atoms with Crippen LogP contribution in [0.2, 0.25) is 0 Å². The first-order chi connectivity index (χ1) is 11.2. The molecule has 146 valence electrons. The molecule has 0 radical (unpaired) electrons. The van der Waals surface area contributed by atoms with E-state index in [0.717, 1.165) is 0 Å². The molecule has 3 aliphatic heterocycles. The number of fused-ring (bicyclic) bond motifs is 1. The number of hydrogen-bond acceptors (Lipinski definition) is 7. The van der Waals surface area contributed by atoms with Crippen LogP contribution in [-0.4, -0.2) is 42.9 Å². The maximum absolute atomic E-state index is 13.7. The van der Waals surface area contributed by atoms with E-state index >= 15 is 0 Å². The summed E-state index contributed by atoms with van der Waals surface area (Å²) in [7, 11) is -1.90. The molecule has 0 amide bonds. The highest BCUT2D eigenvalue weighted by molar-refractivity contribution is 8.01. The number of hydrogen-bond donors (Lipinski definition) is 1. The molecule has 1 N–H and O–H groups in total. The second-order valence-electron chi connectivity index (χ2n) is 5.22. The van der Waals surface area contributed by atoms with Crippen LogP contribution in [0, 0.1) is 0 Å². The summed E-state index contributed by atoms with van der Waals surface area (Å²) in [6, 6.07) is 0. The Kier molecular flexibility index (Phi) is 4.78. The SMILES string of the molecule is CN1CCCNP12=NP1(Cl)=NP(Cl)(=N2)OC(F)(F)C(F)(F)C(F)(F)O1. The van der Waals surface area contributed by atoms with Crippen LogP contribution in [-0.2, 0) is 9.05 Å². The van der Waals surface area contributed by atoms with Gasteiger partial charge in [0.25, 0.3) is 0 Å². The Morgan fingerprint density at radius 1 is 0.960 bits per heavy atom. The minimum atomic E-state index is -6.06. The van der Waals surface area contributed by atoms with Crippen molar-refractivity contribution in [2.24, 2.45) is 13.5 Å². The average Bonchev–Trinajstić information content (AvgIpc) is 2.37. The molecule has 3 unspecified atom stereocenters. The van der Waals surface area contributed by atoms with Crippen LogP contribution in [0.4, 0.5) is 26.3 Å². The fourth-order valence-corrected chi connectivity index (χ4v) is 15.4. The molecular weight excluding hydrogens is 464 g/mol. The Labute approximate surface area is 147 Å². The second-order valence-corrected chi connectivity index (χ2v) is 14.4. The van der Waals surface area contributed by atoms with E-state index in [-0.39, 0.29) is 0 Å². The summed E-state index contributed by atoms with van der Waals surface area (Å²) >= 11 is 11.7. The molecular formula is C7H10Cl2F6N5O2P3. The third-order valence-electron chi connectivity index (χ3n) is 3.34. The van der Waals surface area contributed by atoms with Crippen molar-refractivity contribution in [3.05, 3.63) is 0 Å². The predicted octanol–water partition coefficient (Wildman–Crippen LogP) is 6.11. The first-order valence-electron chi connectivity index (χ1n) is 6.49. The molecule has 0 aromatic heterocycles. The number of nitrogens with zero attached hydrogens (tertiary/aromatic N) is 4. The summed E-state index contributed by atoms with van der Waals surface area (Å²) in [4.78, 5) is 0. The Hall–Kier alpha value is 0.690. The molecule has 18 heteroatoms. The van der Waals surface area contributed by atoms with Gasteiger partial charge in [0, 0.05) is 13.1 Å². The van der Waals surface area contributed by atoms with Crippen molar-refractivity contribution in [1.29, 1.82) is 0 Å². The molecule has 0 saturated carbocycles. The summed E-state index contributed by atoms with van der Waals surface area (Å²) in [5.41, 5.74) is 0. The number of rotatable bonds is 0. The van der Waals surface area contributed by atoms with Gasteiger partial charge in [0.2, 0.25) is 7.51 Å². The molecule has 3 aliphatic rings. The van der Waals surface area contributed by atoms with Gasteiger partial charge in [0.05, 0.1) is 0 Å². The molecule has 3 rings (SSSR count). The Balaban J connectivity index is 2.29. The molecule has 0 aliphatic carbocycles. The van der Waals surface area contributed by atoms with Gasteiger partial charge in [-0.1, -0.05) is 0 Å². The molecule has 3 atom stereocenters. The third-order valence-corrected chi connectivity index (χ3v) is 14.4. The molecule has 25 heavy (non-hydrogen) atoms. The number of alkyl halides is 6. The molecule has 1 saturated heterocycles. The molecule has 0 aromatic carbocycles. The molecule has 0 aromatic rings. The van der Waals surface area contributed by atoms with Crippen LogP contribution in [0.15, 0.2) is 13.5 Å². The quantitative estimate of drug-likeness (QED) is 0.340. The maximum Gasteiger partial charge on any atom is 0.434 e. The molecule has 2 bridgehead atoms. The summed E-state index contributed by atoms with van der Waals surface area (Å²) in [5, 5.41) is 2.78. The average molecular weight is 474 g/mol. The zero-order chi connectivity index (χ0) is 18.9. The van der Waals surface area contributed by atoms with Crippen LogP contribution in [0.25, 0.3) is 0 Å². The highest BCUT2D eigenvalue weighted by Gasteiger charge is 2.78. The summed E-state index contributed by atoms with van der Waals surface area (Å²) in [6.07, 6.45) is -10.8. The van der Waals surface area contributed by atoms with Gasteiger partial charge in [-0.2, -0.15) is 39.9 Å². The van der Waals surface area contributed by atoms with E-state index in [1.54, 1.807) is 0 Å². The topological polar surface area (TPSA) is 70.8 Å². The predicted molar refractivity (Wildman–Crippen MR) is 82.0 cm³/mol. The van der Waals surface area contributed by atoms with Crippen LogP contribution in [0.3, 0.4) is 0 Å². The maximum atomic E-state index is 13.7. The Bertz CT molecular complexity index is 752. The Morgan fingerprint density at radius 3 is 2.00 bits per heavy atom. The molecule has 3 heterocycles. The van der Waals surface area contributed by atoms with Gasteiger partial charge in [0.15, 0.2) is 0 Å². The highest BCUT2D eigenvalue weighted by Crippen LogP contribution is 2.85. The van der Waals surface area contributed by atoms with Crippen molar-refractivity contribution in [3.63, 3.8) is 0 Å². The van der Waals surface area contributed by atoms with Gasteiger partial charge in [-0.05, 0) is 36.0 Å². The highest BCUT2D eigenvalue weighted by atomic mass is 35.7. The normalized spacial score (nSPS) is 45.5. The van der Waals surface area contributed by atoms with Crippen LogP contribution in [0.1, 0.15) is 6.42 Å². The zero-order valence-electron chi connectivity index (χ0n) is 12.1. The lowest BCUT2D eigenvalue weighted by Gasteiger charge is -2.42. The van der Waals surface area contributed by atoms with Crippen LogP contribution < -0.4 is 5.09 Å². The van der Waals surface area contributed by atoms with Gasteiger partial charge in [-0.25, -0.2) is 13.7 Å². The fraction of sp³-hybridized carbons (Fsp3) is 1.00.